The Hall–Kier alpha value is -3.68. The molecule has 0 atom stereocenters. The lowest BCUT2D eigenvalue weighted by Crippen LogP contribution is -2.24. The van der Waals surface area contributed by atoms with E-state index in [-0.39, 0.29) is 24.4 Å². The summed E-state index contributed by atoms with van der Waals surface area (Å²) in [4.78, 5) is 33.7. The molecule has 0 radical (unpaired) electrons. The number of benzene rings is 2. The van der Waals surface area contributed by atoms with Crippen molar-refractivity contribution in [2.24, 2.45) is 0 Å². The molecule has 8 heteroatoms. The maximum absolute atomic E-state index is 11.8. The van der Waals surface area contributed by atoms with E-state index in [1.165, 1.54) is 19.2 Å². The number of carbonyl (C=O) groups is 2. The summed E-state index contributed by atoms with van der Waals surface area (Å²) in [5, 5.41) is 13.4. The maximum Gasteiger partial charge on any atom is 0.407 e. The molecule has 0 fully saturated rings. The average molecular weight is 370 g/mol. The minimum Gasteiger partial charge on any atom is -0.465 e. The molecule has 0 saturated carbocycles. The summed E-state index contributed by atoms with van der Waals surface area (Å²) in [6, 6.07) is 13.1. The largest absolute Gasteiger partial charge is 0.465 e. The van der Waals surface area contributed by atoms with Crippen molar-refractivity contribution in [1.82, 2.24) is 5.32 Å². The summed E-state index contributed by atoms with van der Waals surface area (Å²) in [6.07, 6.45) is 2.57. The summed E-state index contributed by atoms with van der Waals surface area (Å²) in [5.41, 5.74) is 1.16. The Labute approximate surface area is 155 Å². The Bertz CT molecular complexity index is 849. The van der Waals surface area contributed by atoms with Crippen molar-refractivity contribution in [3.8, 4) is 0 Å². The van der Waals surface area contributed by atoms with Gasteiger partial charge in [0.1, 0.15) is 6.61 Å². The molecule has 2 rings (SSSR count). The van der Waals surface area contributed by atoms with Gasteiger partial charge >= 0.3 is 12.1 Å². The Kier molecular flexibility index (Phi) is 7.07. The molecule has 1 amide bonds. The minimum absolute atomic E-state index is 0.0644. The first kappa shape index (κ1) is 19.6. The Morgan fingerprint density at radius 3 is 2.59 bits per heavy atom. The van der Waals surface area contributed by atoms with Crippen LogP contribution >= 0.6 is 0 Å². The number of hydrogen-bond donors (Lipinski definition) is 1. The van der Waals surface area contributed by atoms with Gasteiger partial charge in [-0.25, -0.2) is 9.59 Å². The third kappa shape index (κ3) is 5.96. The van der Waals surface area contributed by atoms with Gasteiger partial charge in [-0.2, -0.15) is 0 Å². The predicted octanol–water partition coefficient (Wildman–Crippen LogP) is 3.32. The molecule has 0 heterocycles. The number of nitrogens with one attached hydrogen (secondary N) is 1. The molecule has 27 heavy (non-hydrogen) atoms. The quantitative estimate of drug-likeness (QED) is 0.455. The standard InChI is InChI=1S/C19H18N2O6/c1-26-18(22)17-12-16(21(24)25)10-9-15(17)8-5-11-20-19(23)27-13-14-6-3-2-4-7-14/h2-10,12H,11,13H2,1H3,(H,20,23). The molecule has 0 bridgehead atoms. The smallest absolute Gasteiger partial charge is 0.407 e. The molecule has 2 aromatic carbocycles. The van der Waals surface area contributed by atoms with Crippen molar-refractivity contribution in [2.45, 2.75) is 6.61 Å². The number of methoxy groups -OCH3 is 1. The molecule has 0 spiro atoms. The molecule has 0 aliphatic carbocycles. The number of nitro groups is 1. The van der Waals surface area contributed by atoms with Crippen molar-refractivity contribution in [3.05, 3.63) is 81.4 Å². The van der Waals surface area contributed by atoms with Gasteiger partial charge < -0.3 is 14.8 Å². The van der Waals surface area contributed by atoms with Gasteiger partial charge in [-0.1, -0.05) is 42.5 Å². The highest BCUT2D eigenvalue weighted by atomic mass is 16.6. The van der Waals surface area contributed by atoms with E-state index in [0.717, 1.165) is 11.6 Å². The number of nitro benzene ring substituents is 1. The Morgan fingerprint density at radius 1 is 1.19 bits per heavy atom. The molecule has 1 N–H and O–H groups in total. The van der Waals surface area contributed by atoms with Crippen LogP contribution in [0.25, 0.3) is 6.08 Å². The van der Waals surface area contributed by atoms with Gasteiger partial charge in [0.25, 0.3) is 5.69 Å². The van der Waals surface area contributed by atoms with E-state index < -0.39 is 17.0 Å². The zero-order chi connectivity index (χ0) is 19.6. The monoisotopic (exact) mass is 370 g/mol. The Morgan fingerprint density at radius 2 is 1.93 bits per heavy atom. The summed E-state index contributed by atoms with van der Waals surface area (Å²) in [6.45, 7) is 0.316. The molecule has 0 aromatic heterocycles. The number of amides is 1. The van der Waals surface area contributed by atoms with E-state index in [2.05, 4.69) is 10.1 Å². The van der Waals surface area contributed by atoms with Gasteiger partial charge in [0, 0.05) is 18.7 Å². The number of hydrogen-bond acceptors (Lipinski definition) is 6. The van der Waals surface area contributed by atoms with Crippen LogP contribution in [0.2, 0.25) is 0 Å². The highest BCUT2D eigenvalue weighted by Crippen LogP contribution is 2.20. The van der Waals surface area contributed by atoms with Gasteiger partial charge in [0.2, 0.25) is 0 Å². The number of rotatable bonds is 7. The van der Waals surface area contributed by atoms with E-state index in [1.54, 1.807) is 12.2 Å². The first-order valence-electron chi connectivity index (χ1n) is 7.99. The first-order chi connectivity index (χ1) is 13.0. The van der Waals surface area contributed by atoms with Gasteiger partial charge in [0.05, 0.1) is 17.6 Å². The van der Waals surface area contributed by atoms with E-state index in [9.17, 15) is 19.7 Å². The third-order valence-electron chi connectivity index (χ3n) is 3.53. The molecule has 0 unspecified atom stereocenters. The van der Waals surface area contributed by atoms with Gasteiger partial charge in [-0.3, -0.25) is 10.1 Å². The van der Waals surface area contributed by atoms with Crippen LogP contribution in [0.1, 0.15) is 21.5 Å². The van der Waals surface area contributed by atoms with Crippen LogP contribution in [0.5, 0.6) is 0 Å². The van der Waals surface area contributed by atoms with Crippen LogP contribution in [-0.4, -0.2) is 30.6 Å². The minimum atomic E-state index is -0.686. The number of esters is 1. The number of carbonyl (C=O) groups excluding carboxylic acids is 2. The second kappa shape index (κ2) is 9.71. The van der Waals surface area contributed by atoms with Gasteiger partial charge in [-0.05, 0) is 17.2 Å². The van der Waals surface area contributed by atoms with Crippen molar-refractivity contribution >= 4 is 23.8 Å². The van der Waals surface area contributed by atoms with E-state index in [4.69, 9.17) is 4.74 Å². The predicted molar refractivity (Wildman–Crippen MR) is 98.1 cm³/mol. The fraction of sp³-hybridized carbons (Fsp3) is 0.158. The van der Waals surface area contributed by atoms with Crippen molar-refractivity contribution in [1.29, 1.82) is 0 Å². The number of alkyl carbamates (subject to hydrolysis) is 1. The topological polar surface area (TPSA) is 108 Å². The van der Waals surface area contributed by atoms with Crippen molar-refractivity contribution in [3.63, 3.8) is 0 Å². The van der Waals surface area contributed by atoms with Crippen LogP contribution in [0.4, 0.5) is 10.5 Å². The van der Waals surface area contributed by atoms with Gasteiger partial charge in [-0.15, -0.1) is 0 Å². The molecule has 140 valence electrons. The van der Waals surface area contributed by atoms with Crippen LogP contribution < -0.4 is 5.32 Å². The van der Waals surface area contributed by atoms with Crippen LogP contribution in [-0.2, 0) is 16.1 Å². The molecule has 0 aliphatic heterocycles. The highest BCUT2D eigenvalue weighted by molar-refractivity contribution is 5.94. The molecule has 8 nitrogen and oxygen atoms in total. The van der Waals surface area contributed by atoms with E-state index in [1.807, 2.05) is 30.3 Å². The molecule has 2 aromatic rings. The first-order valence-corrected chi connectivity index (χ1v) is 7.99. The van der Waals surface area contributed by atoms with Crippen LogP contribution in [0.3, 0.4) is 0 Å². The maximum atomic E-state index is 11.8. The number of ether oxygens (including phenoxy) is 2. The fourth-order valence-corrected chi connectivity index (χ4v) is 2.19. The average Bonchev–Trinajstić information content (AvgIpc) is 2.69. The lowest BCUT2D eigenvalue weighted by atomic mass is 10.1. The summed E-state index contributed by atoms with van der Waals surface area (Å²) in [5.74, 6) is -0.686. The fourth-order valence-electron chi connectivity index (χ4n) is 2.19. The summed E-state index contributed by atoms with van der Waals surface area (Å²) in [7, 11) is 1.19. The second-order valence-electron chi connectivity index (χ2n) is 5.37. The third-order valence-corrected chi connectivity index (χ3v) is 3.53. The number of nitrogens with zero attached hydrogens (tertiary/aromatic N) is 1. The molecule has 0 saturated heterocycles. The van der Waals surface area contributed by atoms with Crippen LogP contribution in [0, 0.1) is 10.1 Å². The lowest BCUT2D eigenvalue weighted by molar-refractivity contribution is -0.384. The van der Waals surface area contributed by atoms with Crippen LogP contribution in [0.15, 0.2) is 54.6 Å². The Balaban J connectivity index is 1.92. The lowest BCUT2D eigenvalue weighted by Gasteiger charge is -2.06. The zero-order valence-corrected chi connectivity index (χ0v) is 14.6. The number of non-ortho nitro benzene ring substituents is 1. The SMILES string of the molecule is COC(=O)c1cc([N+](=O)[O-])ccc1C=CCNC(=O)OCc1ccccc1. The summed E-state index contributed by atoms with van der Waals surface area (Å²) >= 11 is 0. The van der Waals surface area contributed by atoms with E-state index >= 15 is 0 Å². The molecular weight excluding hydrogens is 352 g/mol. The van der Waals surface area contributed by atoms with Crippen molar-refractivity contribution in [2.75, 3.05) is 13.7 Å². The molecule has 0 aliphatic rings. The highest BCUT2D eigenvalue weighted by Gasteiger charge is 2.15. The second-order valence-corrected chi connectivity index (χ2v) is 5.37. The molecular formula is C19H18N2O6. The van der Waals surface area contributed by atoms with E-state index in [0.29, 0.717) is 5.56 Å². The van der Waals surface area contributed by atoms with Crippen molar-refractivity contribution < 1.29 is 24.0 Å². The zero-order valence-electron chi connectivity index (χ0n) is 14.6. The normalized spacial score (nSPS) is 10.4. The van der Waals surface area contributed by atoms with Gasteiger partial charge in [0.15, 0.2) is 0 Å². The summed E-state index contributed by atoms with van der Waals surface area (Å²) < 4.78 is 9.71.